The Morgan fingerprint density at radius 1 is 1.19 bits per heavy atom. The van der Waals surface area contributed by atoms with Gasteiger partial charge in [0.05, 0.1) is 12.8 Å². The highest BCUT2D eigenvalue weighted by atomic mass is 35.5. The molecule has 3 aromatic rings. The molecule has 8 heteroatoms. The Morgan fingerprint density at radius 2 is 1.94 bits per heavy atom. The second kappa shape index (κ2) is 9.38. The highest BCUT2D eigenvalue weighted by Gasteiger charge is 2.47. The number of nitrogens with zero attached hydrogens (tertiary/aromatic N) is 3. The fraction of sp³-hybridized carbons (Fsp3) is 0.208. The number of anilines is 1. The van der Waals surface area contributed by atoms with Crippen LogP contribution >= 0.6 is 11.6 Å². The van der Waals surface area contributed by atoms with E-state index in [1.54, 1.807) is 43.8 Å². The Labute approximate surface area is 191 Å². The van der Waals surface area contributed by atoms with Crippen LogP contribution in [-0.4, -0.2) is 40.6 Å². The van der Waals surface area contributed by atoms with Gasteiger partial charge in [-0.2, -0.15) is 5.10 Å². The maximum atomic E-state index is 13.4. The number of nitrogens with one attached hydrogen (secondary N) is 1. The summed E-state index contributed by atoms with van der Waals surface area (Å²) in [6.07, 6.45) is 4.12. The van der Waals surface area contributed by atoms with Crippen molar-refractivity contribution in [2.24, 2.45) is 5.10 Å². The number of aliphatic hydroxyl groups is 1. The number of rotatable bonds is 6. The monoisotopic (exact) mass is 450 g/mol. The lowest BCUT2D eigenvalue weighted by atomic mass is 9.82. The van der Waals surface area contributed by atoms with Gasteiger partial charge in [-0.1, -0.05) is 17.7 Å². The molecule has 7 nitrogen and oxygen atoms in total. The van der Waals surface area contributed by atoms with Crippen molar-refractivity contribution in [2.45, 2.75) is 18.4 Å². The van der Waals surface area contributed by atoms with E-state index in [4.69, 9.17) is 21.4 Å². The van der Waals surface area contributed by atoms with Gasteiger partial charge in [-0.05, 0) is 65.7 Å². The number of ether oxygens (including phenoxy) is 1. The number of methoxy groups -OCH3 is 1. The standard InChI is InChI=1S/C24H23ClN4O3/c1-32-21-10-4-17(5-11-21)22-15-24(12-14-30,18-3-2-13-26-16-18)29(28-22)23(31)27-20-8-6-19(25)7-9-20/h2-11,13,16,30H,12,14-15H2,1H3,(H,27,31)/t24-/m0/s1. The number of carbonyl (C=O) groups is 1. The van der Waals surface area contributed by atoms with E-state index in [-0.39, 0.29) is 6.61 Å². The molecule has 2 heterocycles. The summed E-state index contributed by atoms with van der Waals surface area (Å²) in [6.45, 7) is -0.120. The second-order valence-corrected chi connectivity index (χ2v) is 7.88. The molecule has 1 aromatic heterocycles. The SMILES string of the molecule is COc1ccc(C2=NN(C(=O)Nc3ccc(Cl)cc3)[C@](CCO)(c3cccnc3)C2)cc1. The number of pyridine rings is 1. The fourth-order valence-electron chi connectivity index (χ4n) is 3.88. The minimum Gasteiger partial charge on any atom is -0.497 e. The van der Waals surface area contributed by atoms with Gasteiger partial charge in [0.2, 0.25) is 0 Å². The van der Waals surface area contributed by atoms with Crippen molar-refractivity contribution in [2.75, 3.05) is 19.0 Å². The van der Waals surface area contributed by atoms with E-state index in [9.17, 15) is 9.90 Å². The van der Waals surface area contributed by atoms with E-state index >= 15 is 0 Å². The molecule has 164 valence electrons. The van der Waals surface area contributed by atoms with Crippen LogP contribution in [0, 0.1) is 0 Å². The molecule has 0 spiro atoms. The van der Waals surface area contributed by atoms with Crippen LogP contribution in [-0.2, 0) is 5.54 Å². The van der Waals surface area contributed by atoms with E-state index in [1.165, 1.54) is 5.01 Å². The summed E-state index contributed by atoms with van der Waals surface area (Å²) in [7, 11) is 1.61. The minimum absolute atomic E-state index is 0.120. The molecule has 0 aliphatic carbocycles. The van der Waals surface area contributed by atoms with Gasteiger partial charge < -0.3 is 15.2 Å². The predicted molar refractivity (Wildman–Crippen MR) is 124 cm³/mol. The Bertz CT molecular complexity index is 1100. The van der Waals surface area contributed by atoms with E-state index in [1.807, 2.05) is 36.4 Å². The zero-order valence-corrected chi connectivity index (χ0v) is 18.3. The summed E-state index contributed by atoms with van der Waals surface area (Å²) in [6, 6.07) is 17.7. The summed E-state index contributed by atoms with van der Waals surface area (Å²) in [5.41, 5.74) is 2.12. The summed E-state index contributed by atoms with van der Waals surface area (Å²) in [4.78, 5) is 17.6. The molecule has 2 N–H and O–H groups in total. The molecule has 0 radical (unpaired) electrons. The molecule has 0 fully saturated rings. The van der Waals surface area contributed by atoms with Gasteiger partial charge in [-0.15, -0.1) is 0 Å². The van der Waals surface area contributed by atoms with Crippen LogP contribution in [0.25, 0.3) is 0 Å². The molecule has 2 amide bonds. The van der Waals surface area contributed by atoms with Crippen LogP contribution in [0.2, 0.25) is 5.02 Å². The van der Waals surface area contributed by atoms with Crippen LogP contribution in [0.15, 0.2) is 78.2 Å². The lowest BCUT2D eigenvalue weighted by Crippen LogP contribution is -2.46. The Balaban J connectivity index is 1.74. The molecule has 1 aliphatic rings. The maximum Gasteiger partial charge on any atom is 0.343 e. The molecule has 0 saturated heterocycles. The third kappa shape index (κ3) is 4.30. The van der Waals surface area contributed by atoms with Crippen LogP contribution in [0.4, 0.5) is 10.5 Å². The van der Waals surface area contributed by atoms with Gasteiger partial charge in [0.1, 0.15) is 11.3 Å². The first kappa shape index (κ1) is 21.8. The molecule has 0 saturated carbocycles. The molecule has 1 atom stereocenters. The first-order valence-electron chi connectivity index (χ1n) is 10.2. The highest BCUT2D eigenvalue weighted by molar-refractivity contribution is 6.30. The van der Waals surface area contributed by atoms with E-state index < -0.39 is 11.6 Å². The van der Waals surface area contributed by atoms with Gasteiger partial charge >= 0.3 is 6.03 Å². The molecule has 2 aromatic carbocycles. The van der Waals surface area contributed by atoms with Gasteiger partial charge in [0.15, 0.2) is 0 Å². The van der Waals surface area contributed by atoms with Gasteiger partial charge in [-0.3, -0.25) is 4.98 Å². The number of hydrogen-bond donors (Lipinski definition) is 2. The molecule has 4 rings (SSSR count). The van der Waals surface area contributed by atoms with Crippen molar-refractivity contribution in [1.82, 2.24) is 9.99 Å². The Morgan fingerprint density at radius 3 is 2.56 bits per heavy atom. The molecule has 0 unspecified atom stereocenters. The average Bonchev–Trinajstić information content (AvgIpc) is 3.22. The normalized spacial score (nSPS) is 17.7. The number of halogens is 1. The number of urea groups is 1. The van der Waals surface area contributed by atoms with E-state index in [0.29, 0.717) is 23.6 Å². The number of aliphatic hydroxyl groups excluding tert-OH is 1. The number of hydrazone groups is 1. The number of carbonyl (C=O) groups excluding carboxylic acids is 1. The van der Waals surface area contributed by atoms with E-state index in [0.717, 1.165) is 22.6 Å². The van der Waals surface area contributed by atoms with Crippen LogP contribution in [0.1, 0.15) is 24.0 Å². The number of amides is 2. The Kier molecular flexibility index (Phi) is 6.39. The lowest BCUT2D eigenvalue weighted by Gasteiger charge is -2.36. The van der Waals surface area contributed by atoms with Crippen LogP contribution in [0.3, 0.4) is 0 Å². The number of aromatic nitrogens is 1. The summed E-state index contributed by atoms with van der Waals surface area (Å²) < 4.78 is 5.25. The summed E-state index contributed by atoms with van der Waals surface area (Å²) in [5.74, 6) is 0.735. The largest absolute Gasteiger partial charge is 0.497 e. The second-order valence-electron chi connectivity index (χ2n) is 7.45. The topological polar surface area (TPSA) is 87.0 Å². The maximum absolute atomic E-state index is 13.4. The molecule has 0 bridgehead atoms. The fourth-order valence-corrected chi connectivity index (χ4v) is 4.01. The summed E-state index contributed by atoms with van der Waals surface area (Å²) >= 11 is 5.96. The molecule has 32 heavy (non-hydrogen) atoms. The Hall–Kier alpha value is -3.42. The van der Waals surface area contributed by atoms with Crippen LogP contribution < -0.4 is 10.1 Å². The first-order chi connectivity index (χ1) is 15.6. The van der Waals surface area contributed by atoms with Crippen molar-refractivity contribution in [1.29, 1.82) is 0 Å². The molecule has 1 aliphatic heterocycles. The quantitative estimate of drug-likeness (QED) is 0.571. The molecular formula is C24H23ClN4O3. The van der Waals surface area contributed by atoms with Crippen LogP contribution in [0.5, 0.6) is 5.75 Å². The third-order valence-electron chi connectivity index (χ3n) is 5.52. The van der Waals surface area contributed by atoms with Crippen molar-refractivity contribution < 1.29 is 14.6 Å². The lowest BCUT2D eigenvalue weighted by molar-refractivity contribution is 0.112. The first-order valence-corrected chi connectivity index (χ1v) is 10.5. The minimum atomic E-state index is -0.880. The van der Waals surface area contributed by atoms with E-state index in [2.05, 4.69) is 10.3 Å². The third-order valence-corrected chi connectivity index (χ3v) is 5.77. The smallest absolute Gasteiger partial charge is 0.343 e. The van der Waals surface area contributed by atoms with Crippen molar-refractivity contribution in [3.8, 4) is 5.75 Å². The zero-order valence-electron chi connectivity index (χ0n) is 17.5. The number of hydrogen-bond acceptors (Lipinski definition) is 5. The average molecular weight is 451 g/mol. The van der Waals surface area contributed by atoms with Gasteiger partial charge in [0.25, 0.3) is 0 Å². The highest BCUT2D eigenvalue weighted by Crippen LogP contribution is 2.42. The van der Waals surface area contributed by atoms with Gasteiger partial charge in [-0.25, -0.2) is 9.80 Å². The zero-order chi connectivity index (χ0) is 22.6. The van der Waals surface area contributed by atoms with Crippen molar-refractivity contribution >= 4 is 29.0 Å². The number of benzene rings is 2. The van der Waals surface area contributed by atoms with Crippen molar-refractivity contribution in [3.63, 3.8) is 0 Å². The summed E-state index contributed by atoms with van der Waals surface area (Å²) in [5, 5.41) is 19.5. The van der Waals surface area contributed by atoms with Crippen molar-refractivity contribution in [3.05, 3.63) is 89.2 Å². The molecular weight excluding hydrogens is 428 g/mol. The predicted octanol–water partition coefficient (Wildman–Crippen LogP) is 4.66. The van der Waals surface area contributed by atoms with Gasteiger partial charge in [0, 0.05) is 42.6 Å².